The number of pyridine rings is 1. The molecule has 0 radical (unpaired) electrons. The second-order valence-corrected chi connectivity index (χ2v) is 5.43. The monoisotopic (exact) mass is 292 g/mol. The molecule has 108 valence electrons. The summed E-state index contributed by atoms with van der Waals surface area (Å²) in [5.74, 6) is 0. The van der Waals surface area contributed by atoms with Gasteiger partial charge in [-0.05, 0) is 30.9 Å². The number of aryl methyl sites for hydroxylation is 3. The summed E-state index contributed by atoms with van der Waals surface area (Å²) in [6, 6.07) is 4.10. The van der Waals surface area contributed by atoms with Crippen LogP contribution >= 0.6 is 11.6 Å². The third-order valence-corrected chi connectivity index (χ3v) is 3.92. The van der Waals surface area contributed by atoms with Crippen LogP contribution < -0.4 is 5.73 Å². The molecular formula is C15H21ClN4. The van der Waals surface area contributed by atoms with Gasteiger partial charge in [-0.2, -0.15) is 5.10 Å². The van der Waals surface area contributed by atoms with Crippen molar-refractivity contribution < 1.29 is 0 Å². The van der Waals surface area contributed by atoms with Crippen LogP contribution in [0.5, 0.6) is 0 Å². The molecule has 0 fully saturated rings. The maximum Gasteiger partial charge on any atom is 0.0850 e. The van der Waals surface area contributed by atoms with Crippen molar-refractivity contribution in [2.75, 3.05) is 0 Å². The Labute approximate surface area is 125 Å². The van der Waals surface area contributed by atoms with Crippen molar-refractivity contribution in [3.63, 3.8) is 0 Å². The lowest BCUT2D eigenvalue weighted by atomic mass is 10.0. The van der Waals surface area contributed by atoms with Crippen LogP contribution in [0.3, 0.4) is 0 Å². The molecule has 0 saturated carbocycles. The average molecular weight is 293 g/mol. The Balaban J connectivity index is 1.95. The van der Waals surface area contributed by atoms with E-state index in [1.807, 2.05) is 24.0 Å². The molecule has 0 bridgehead atoms. The lowest BCUT2D eigenvalue weighted by molar-refractivity contribution is 0.577. The molecule has 1 unspecified atom stereocenters. The maximum absolute atomic E-state index is 6.34. The SMILES string of the molecule is CCc1nn(C)c(CC(N)CCc2cccnc2)c1Cl. The largest absolute Gasteiger partial charge is 0.327 e. The van der Waals surface area contributed by atoms with Crippen LogP contribution in [0, 0.1) is 0 Å². The van der Waals surface area contributed by atoms with E-state index >= 15 is 0 Å². The molecule has 0 aliphatic rings. The molecule has 2 N–H and O–H groups in total. The molecule has 0 aliphatic heterocycles. The van der Waals surface area contributed by atoms with E-state index in [0.29, 0.717) is 0 Å². The lowest BCUT2D eigenvalue weighted by Crippen LogP contribution is -2.25. The Bertz CT molecular complexity index is 551. The van der Waals surface area contributed by atoms with Crippen molar-refractivity contribution in [2.45, 2.75) is 38.6 Å². The van der Waals surface area contributed by atoms with Crippen molar-refractivity contribution >= 4 is 11.6 Å². The number of hydrogen-bond donors (Lipinski definition) is 1. The van der Waals surface area contributed by atoms with Gasteiger partial charge in [-0.1, -0.05) is 24.6 Å². The molecule has 0 saturated heterocycles. The fraction of sp³-hybridized carbons (Fsp3) is 0.467. The third-order valence-electron chi connectivity index (χ3n) is 3.49. The van der Waals surface area contributed by atoms with Gasteiger partial charge in [0.2, 0.25) is 0 Å². The van der Waals surface area contributed by atoms with E-state index in [-0.39, 0.29) is 6.04 Å². The van der Waals surface area contributed by atoms with Crippen molar-refractivity contribution in [2.24, 2.45) is 12.8 Å². The van der Waals surface area contributed by atoms with Crippen molar-refractivity contribution in [3.8, 4) is 0 Å². The highest BCUT2D eigenvalue weighted by Gasteiger charge is 2.15. The summed E-state index contributed by atoms with van der Waals surface area (Å²) in [5, 5.41) is 5.19. The summed E-state index contributed by atoms with van der Waals surface area (Å²) in [6.45, 7) is 2.06. The smallest absolute Gasteiger partial charge is 0.0850 e. The molecule has 0 aliphatic carbocycles. The fourth-order valence-electron chi connectivity index (χ4n) is 2.29. The highest BCUT2D eigenvalue weighted by molar-refractivity contribution is 6.31. The molecular weight excluding hydrogens is 272 g/mol. The van der Waals surface area contributed by atoms with Crippen LogP contribution in [-0.4, -0.2) is 20.8 Å². The molecule has 5 heteroatoms. The average Bonchev–Trinajstić information content (AvgIpc) is 2.73. The first-order valence-electron chi connectivity index (χ1n) is 6.96. The van der Waals surface area contributed by atoms with Gasteiger partial charge in [0.1, 0.15) is 0 Å². The highest BCUT2D eigenvalue weighted by atomic mass is 35.5. The Morgan fingerprint density at radius 1 is 1.45 bits per heavy atom. The van der Waals surface area contributed by atoms with Gasteiger partial charge >= 0.3 is 0 Å². The second kappa shape index (κ2) is 6.86. The molecule has 2 heterocycles. The standard InChI is InChI=1S/C15H21ClN4/c1-3-13-15(16)14(20(2)19-13)9-12(17)7-6-11-5-4-8-18-10-11/h4-5,8,10,12H,3,6-7,9,17H2,1-2H3. The zero-order valence-corrected chi connectivity index (χ0v) is 12.8. The van der Waals surface area contributed by atoms with Gasteiger partial charge < -0.3 is 5.73 Å². The van der Waals surface area contributed by atoms with E-state index in [1.165, 1.54) is 5.56 Å². The van der Waals surface area contributed by atoms with Gasteiger partial charge in [0.25, 0.3) is 0 Å². The van der Waals surface area contributed by atoms with Crippen LogP contribution in [0.15, 0.2) is 24.5 Å². The van der Waals surface area contributed by atoms with Crippen LogP contribution in [0.2, 0.25) is 5.02 Å². The summed E-state index contributed by atoms with van der Waals surface area (Å²) in [7, 11) is 1.92. The number of nitrogens with zero attached hydrogens (tertiary/aromatic N) is 3. The zero-order chi connectivity index (χ0) is 14.5. The van der Waals surface area contributed by atoms with Crippen molar-refractivity contribution in [1.82, 2.24) is 14.8 Å². The third kappa shape index (κ3) is 3.58. The minimum atomic E-state index is 0.0767. The lowest BCUT2D eigenvalue weighted by Gasteiger charge is -2.12. The fourth-order valence-corrected chi connectivity index (χ4v) is 2.66. The molecule has 0 spiro atoms. The van der Waals surface area contributed by atoms with Gasteiger partial charge in [0, 0.05) is 31.9 Å². The Morgan fingerprint density at radius 3 is 2.85 bits per heavy atom. The summed E-state index contributed by atoms with van der Waals surface area (Å²) in [5.41, 5.74) is 9.42. The second-order valence-electron chi connectivity index (χ2n) is 5.05. The number of hydrogen-bond acceptors (Lipinski definition) is 3. The van der Waals surface area contributed by atoms with Gasteiger partial charge in [0.05, 0.1) is 16.4 Å². The van der Waals surface area contributed by atoms with Crippen LogP contribution in [0.1, 0.15) is 30.3 Å². The number of nitrogens with two attached hydrogens (primary N) is 1. The Kier molecular flexibility index (Phi) is 5.15. The minimum absolute atomic E-state index is 0.0767. The molecule has 2 aromatic heterocycles. The summed E-state index contributed by atoms with van der Waals surface area (Å²) in [6.07, 6.45) is 7.12. The summed E-state index contributed by atoms with van der Waals surface area (Å²) >= 11 is 6.34. The predicted molar refractivity (Wildman–Crippen MR) is 81.8 cm³/mol. The number of halogens is 1. The van der Waals surface area contributed by atoms with Crippen LogP contribution in [0.4, 0.5) is 0 Å². The normalized spacial score (nSPS) is 12.6. The van der Waals surface area contributed by atoms with E-state index in [1.54, 1.807) is 6.20 Å². The molecule has 1 atom stereocenters. The Morgan fingerprint density at radius 2 is 2.25 bits per heavy atom. The molecule has 0 amide bonds. The van der Waals surface area contributed by atoms with Gasteiger partial charge in [0.15, 0.2) is 0 Å². The van der Waals surface area contributed by atoms with E-state index in [4.69, 9.17) is 17.3 Å². The highest BCUT2D eigenvalue weighted by Crippen LogP contribution is 2.22. The van der Waals surface area contributed by atoms with Gasteiger partial charge in [-0.3, -0.25) is 9.67 Å². The number of rotatable bonds is 6. The molecule has 2 rings (SSSR count). The first-order valence-corrected chi connectivity index (χ1v) is 7.34. The number of aromatic nitrogens is 3. The van der Waals surface area contributed by atoms with Crippen molar-refractivity contribution in [3.05, 3.63) is 46.5 Å². The zero-order valence-electron chi connectivity index (χ0n) is 12.0. The first-order chi connectivity index (χ1) is 9.61. The van der Waals surface area contributed by atoms with Crippen LogP contribution in [-0.2, 0) is 26.3 Å². The Hall–Kier alpha value is -1.39. The van der Waals surface area contributed by atoms with E-state index < -0.39 is 0 Å². The van der Waals surface area contributed by atoms with E-state index in [2.05, 4.69) is 23.1 Å². The van der Waals surface area contributed by atoms with E-state index in [0.717, 1.165) is 42.1 Å². The van der Waals surface area contributed by atoms with Crippen LogP contribution in [0.25, 0.3) is 0 Å². The topological polar surface area (TPSA) is 56.7 Å². The molecule has 4 nitrogen and oxygen atoms in total. The maximum atomic E-state index is 6.34. The molecule has 2 aromatic rings. The summed E-state index contributed by atoms with van der Waals surface area (Å²) < 4.78 is 1.85. The summed E-state index contributed by atoms with van der Waals surface area (Å²) in [4.78, 5) is 4.11. The van der Waals surface area contributed by atoms with Crippen molar-refractivity contribution in [1.29, 1.82) is 0 Å². The van der Waals surface area contributed by atoms with E-state index in [9.17, 15) is 0 Å². The van der Waals surface area contributed by atoms with Gasteiger partial charge in [-0.25, -0.2) is 0 Å². The minimum Gasteiger partial charge on any atom is -0.327 e. The predicted octanol–water partition coefficient (Wildman–Crippen LogP) is 2.53. The first kappa shape index (κ1) is 15.0. The molecule has 20 heavy (non-hydrogen) atoms. The molecule has 0 aromatic carbocycles. The van der Waals surface area contributed by atoms with Gasteiger partial charge in [-0.15, -0.1) is 0 Å². The quantitative estimate of drug-likeness (QED) is 0.890.